The largest absolute Gasteiger partial charge is 0.355 e. The Balaban J connectivity index is 1.68. The quantitative estimate of drug-likeness (QED) is 0.894. The zero-order valence-corrected chi connectivity index (χ0v) is 12.4. The summed E-state index contributed by atoms with van der Waals surface area (Å²) in [5.74, 6) is 1.13. The van der Waals surface area contributed by atoms with E-state index in [1.165, 1.54) is 12.8 Å². The number of nitrogens with zero attached hydrogens (tertiary/aromatic N) is 2. The van der Waals surface area contributed by atoms with Crippen LogP contribution in [0.2, 0.25) is 0 Å². The van der Waals surface area contributed by atoms with E-state index in [2.05, 4.69) is 15.2 Å². The first-order valence-corrected chi connectivity index (χ1v) is 8.00. The third kappa shape index (κ3) is 3.35. The minimum atomic E-state index is 0.0939. The van der Waals surface area contributed by atoms with Gasteiger partial charge in [0.1, 0.15) is 0 Å². The van der Waals surface area contributed by atoms with Crippen LogP contribution >= 0.6 is 0 Å². The van der Waals surface area contributed by atoms with Gasteiger partial charge in [-0.2, -0.15) is 0 Å². The molecule has 1 aromatic heterocycles. The predicted molar refractivity (Wildman–Crippen MR) is 84.2 cm³/mol. The highest BCUT2D eigenvalue weighted by Crippen LogP contribution is 2.29. The van der Waals surface area contributed by atoms with Crippen LogP contribution in [0.25, 0.3) is 0 Å². The molecule has 21 heavy (non-hydrogen) atoms. The summed E-state index contributed by atoms with van der Waals surface area (Å²) in [7, 11) is 0. The van der Waals surface area contributed by atoms with E-state index in [4.69, 9.17) is 5.73 Å². The number of anilines is 2. The fourth-order valence-corrected chi connectivity index (χ4v) is 3.29. The van der Waals surface area contributed by atoms with E-state index in [0.29, 0.717) is 0 Å². The van der Waals surface area contributed by atoms with Gasteiger partial charge in [0, 0.05) is 31.2 Å². The van der Waals surface area contributed by atoms with Crippen molar-refractivity contribution in [2.45, 2.75) is 44.6 Å². The smallest absolute Gasteiger partial charge is 0.227 e. The molecule has 0 unspecified atom stereocenters. The molecule has 1 saturated carbocycles. The van der Waals surface area contributed by atoms with Crippen molar-refractivity contribution in [1.29, 1.82) is 0 Å². The Labute approximate surface area is 125 Å². The summed E-state index contributed by atoms with van der Waals surface area (Å²) in [6.45, 7) is 2.05. The van der Waals surface area contributed by atoms with Crippen molar-refractivity contribution in [1.82, 2.24) is 4.98 Å². The number of amides is 1. The highest BCUT2D eigenvalue weighted by molar-refractivity contribution is 5.95. The van der Waals surface area contributed by atoms with Crippen LogP contribution in [0, 0.1) is 5.92 Å². The van der Waals surface area contributed by atoms with Gasteiger partial charge in [-0.1, -0.05) is 0 Å². The number of hydrogen-bond donors (Lipinski definition) is 2. The zero-order valence-electron chi connectivity index (χ0n) is 12.4. The second kappa shape index (κ2) is 6.43. The molecule has 2 aliphatic rings. The Bertz CT molecular complexity index is 491. The molecule has 2 fully saturated rings. The van der Waals surface area contributed by atoms with Crippen LogP contribution in [0.15, 0.2) is 18.3 Å². The van der Waals surface area contributed by atoms with Crippen molar-refractivity contribution in [3.63, 3.8) is 0 Å². The highest BCUT2D eigenvalue weighted by Gasteiger charge is 2.26. The SMILES string of the molecule is NC1CCC(C(=O)Nc2cccnc2N2CCCC2)CC1. The molecule has 5 heteroatoms. The second-order valence-electron chi connectivity index (χ2n) is 6.17. The molecule has 5 nitrogen and oxygen atoms in total. The number of carbonyl (C=O) groups is 1. The summed E-state index contributed by atoms with van der Waals surface area (Å²) < 4.78 is 0. The molecule has 1 amide bonds. The van der Waals surface area contributed by atoms with Crippen LogP contribution in [0.3, 0.4) is 0 Å². The molecule has 1 aliphatic heterocycles. The normalized spacial score (nSPS) is 25.9. The highest BCUT2D eigenvalue weighted by atomic mass is 16.1. The molecule has 1 aliphatic carbocycles. The number of hydrogen-bond acceptors (Lipinski definition) is 4. The summed E-state index contributed by atoms with van der Waals surface area (Å²) in [5, 5.41) is 3.09. The van der Waals surface area contributed by atoms with E-state index in [1.54, 1.807) is 6.20 Å². The van der Waals surface area contributed by atoms with E-state index < -0.39 is 0 Å². The molecule has 1 aromatic rings. The van der Waals surface area contributed by atoms with Gasteiger partial charge < -0.3 is 16.0 Å². The zero-order chi connectivity index (χ0) is 14.7. The van der Waals surface area contributed by atoms with Crippen molar-refractivity contribution in [2.24, 2.45) is 11.7 Å². The van der Waals surface area contributed by atoms with Gasteiger partial charge in [-0.05, 0) is 50.7 Å². The number of nitrogens with one attached hydrogen (secondary N) is 1. The first kappa shape index (κ1) is 14.3. The van der Waals surface area contributed by atoms with Crippen LogP contribution in [0.4, 0.5) is 11.5 Å². The first-order chi connectivity index (χ1) is 10.2. The molecule has 2 heterocycles. The Morgan fingerprint density at radius 3 is 2.67 bits per heavy atom. The minimum Gasteiger partial charge on any atom is -0.355 e. The fourth-order valence-electron chi connectivity index (χ4n) is 3.29. The number of pyridine rings is 1. The van der Waals surface area contributed by atoms with Crippen LogP contribution in [-0.4, -0.2) is 30.0 Å². The Kier molecular flexibility index (Phi) is 4.39. The summed E-state index contributed by atoms with van der Waals surface area (Å²) >= 11 is 0. The third-order valence-electron chi connectivity index (χ3n) is 4.59. The molecule has 3 N–H and O–H groups in total. The third-order valence-corrected chi connectivity index (χ3v) is 4.59. The number of aromatic nitrogens is 1. The second-order valence-corrected chi connectivity index (χ2v) is 6.17. The van der Waals surface area contributed by atoms with E-state index >= 15 is 0 Å². The lowest BCUT2D eigenvalue weighted by atomic mass is 9.86. The van der Waals surface area contributed by atoms with Gasteiger partial charge in [-0.25, -0.2) is 4.98 Å². The Hall–Kier alpha value is -1.62. The monoisotopic (exact) mass is 288 g/mol. The number of carbonyl (C=O) groups excluding carboxylic acids is 1. The Morgan fingerprint density at radius 2 is 1.95 bits per heavy atom. The van der Waals surface area contributed by atoms with Crippen molar-refractivity contribution < 1.29 is 4.79 Å². The molecule has 0 spiro atoms. The molecule has 0 radical (unpaired) electrons. The lowest BCUT2D eigenvalue weighted by molar-refractivity contribution is -0.120. The molecular weight excluding hydrogens is 264 g/mol. The molecule has 3 rings (SSSR count). The van der Waals surface area contributed by atoms with Crippen molar-refractivity contribution in [3.05, 3.63) is 18.3 Å². The lowest BCUT2D eigenvalue weighted by Gasteiger charge is -2.26. The average molecular weight is 288 g/mol. The van der Waals surface area contributed by atoms with Crippen LogP contribution in [-0.2, 0) is 4.79 Å². The lowest BCUT2D eigenvalue weighted by Crippen LogP contribution is -2.33. The van der Waals surface area contributed by atoms with Crippen LogP contribution in [0.1, 0.15) is 38.5 Å². The number of nitrogens with two attached hydrogens (primary N) is 1. The van der Waals surface area contributed by atoms with Crippen molar-refractivity contribution >= 4 is 17.4 Å². The predicted octanol–water partition coefficient (Wildman–Crippen LogP) is 2.14. The molecule has 0 atom stereocenters. The summed E-state index contributed by atoms with van der Waals surface area (Å²) in [4.78, 5) is 19.2. The molecule has 0 bridgehead atoms. The van der Waals surface area contributed by atoms with E-state index in [0.717, 1.165) is 50.3 Å². The van der Waals surface area contributed by atoms with Crippen LogP contribution in [0.5, 0.6) is 0 Å². The molecule has 0 aromatic carbocycles. The first-order valence-electron chi connectivity index (χ1n) is 8.00. The van der Waals surface area contributed by atoms with Gasteiger partial charge >= 0.3 is 0 Å². The molecule has 114 valence electrons. The molecular formula is C16H24N4O. The van der Waals surface area contributed by atoms with Gasteiger partial charge in [0.15, 0.2) is 5.82 Å². The van der Waals surface area contributed by atoms with Crippen molar-refractivity contribution in [2.75, 3.05) is 23.3 Å². The van der Waals surface area contributed by atoms with Gasteiger partial charge in [-0.15, -0.1) is 0 Å². The minimum absolute atomic E-state index is 0.0939. The van der Waals surface area contributed by atoms with Crippen molar-refractivity contribution in [3.8, 4) is 0 Å². The van der Waals surface area contributed by atoms with Gasteiger partial charge in [0.25, 0.3) is 0 Å². The topological polar surface area (TPSA) is 71.2 Å². The van der Waals surface area contributed by atoms with E-state index in [-0.39, 0.29) is 17.9 Å². The maximum Gasteiger partial charge on any atom is 0.227 e. The van der Waals surface area contributed by atoms with Gasteiger partial charge in [0.2, 0.25) is 5.91 Å². The maximum absolute atomic E-state index is 12.4. The van der Waals surface area contributed by atoms with E-state index in [9.17, 15) is 4.79 Å². The summed E-state index contributed by atoms with van der Waals surface area (Å²) in [5.41, 5.74) is 6.75. The van der Waals surface area contributed by atoms with Gasteiger partial charge in [0.05, 0.1) is 5.69 Å². The summed E-state index contributed by atoms with van der Waals surface area (Å²) in [6, 6.07) is 4.10. The average Bonchev–Trinajstić information content (AvgIpc) is 3.02. The molecule has 1 saturated heterocycles. The summed E-state index contributed by atoms with van der Waals surface area (Å²) in [6.07, 6.45) is 7.88. The number of rotatable bonds is 3. The van der Waals surface area contributed by atoms with Gasteiger partial charge in [-0.3, -0.25) is 4.79 Å². The Morgan fingerprint density at radius 1 is 1.24 bits per heavy atom. The fraction of sp³-hybridized carbons (Fsp3) is 0.625. The maximum atomic E-state index is 12.4. The van der Waals surface area contributed by atoms with Crippen LogP contribution < -0.4 is 16.0 Å². The van der Waals surface area contributed by atoms with E-state index in [1.807, 2.05) is 12.1 Å². The standard InChI is InChI=1S/C16H24N4O/c17-13-7-5-12(6-8-13)16(21)19-14-4-3-9-18-15(14)20-10-1-2-11-20/h3-4,9,12-13H,1-2,5-8,10-11,17H2,(H,19,21).